The number of carbonyl (C=O) groups excluding carboxylic acids is 3. The first-order chi connectivity index (χ1) is 14.6. The van der Waals surface area contributed by atoms with Crippen LogP contribution in [0.3, 0.4) is 0 Å². The van der Waals surface area contributed by atoms with Crippen LogP contribution in [0, 0.1) is 56.7 Å². The summed E-state index contributed by atoms with van der Waals surface area (Å²) in [6, 6.07) is 3.90. The molecule has 0 heterocycles. The highest BCUT2D eigenvalue weighted by molar-refractivity contribution is 6.10. The number of ether oxygens (including phenoxy) is 1. The van der Waals surface area contributed by atoms with Crippen molar-refractivity contribution in [1.29, 1.82) is 10.5 Å². The summed E-state index contributed by atoms with van der Waals surface area (Å²) in [4.78, 5) is 37.5. The Bertz CT molecular complexity index is 1140. The maximum atomic E-state index is 12.9. The summed E-state index contributed by atoms with van der Waals surface area (Å²) in [6.07, 6.45) is 6.95. The van der Waals surface area contributed by atoms with Crippen LogP contribution in [0.1, 0.15) is 33.6 Å². The summed E-state index contributed by atoms with van der Waals surface area (Å²) in [7, 11) is 0. The second-order valence-electron chi connectivity index (χ2n) is 8.80. The molecule has 6 heteroatoms. The number of rotatable bonds is 2. The van der Waals surface area contributed by atoms with Crippen molar-refractivity contribution in [3.05, 3.63) is 47.6 Å². The standard InChI is InChI=1S/C25H22N2O4/c1-5-10-31-21(29)7-9-25-8-6-19-23(2,3)22(30)17(15-27)12-24(19,4)20(25)11-18(28)16(13-25)14-26/h5,11-13,19H,1,6,8,10H2,2-4H3/t19-,24-,25+/m0/s1. The van der Waals surface area contributed by atoms with Crippen LogP contribution in [-0.2, 0) is 19.1 Å². The van der Waals surface area contributed by atoms with Crippen molar-refractivity contribution >= 4 is 17.5 Å². The molecular weight excluding hydrogens is 392 g/mol. The summed E-state index contributed by atoms with van der Waals surface area (Å²) < 4.78 is 4.94. The van der Waals surface area contributed by atoms with Crippen LogP contribution in [0.15, 0.2) is 47.6 Å². The van der Waals surface area contributed by atoms with Gasteiger partial charge in [0.25, 0.3) is 0 Å². The fourth-order valence-electron chi connectivity index (χ4n) is 5.26. The first kappa shape index (κ1) is 22.0. The van der Waals surface area contributed by atoms with Gasteiger partial charge in [-0.3, -0.25) is 9.59 Å². The van der Waals surface area contributed by atoms with Crippen molar-refractivity contribution in [2.24, 2.45) is 22.2 Å². The maximum Gasteiger partial charge on any atom is 0.384 e. The van der Waals surface area contributed by atoms with E-state index < -0.39 is 28.0 Å². The van der Waals surface area contributed by atoms with Gasteiger partial charge in [0, 0.05) is 16.8 Å². The van der Waals surface area contributed by atoms with Crippen molar-refractivity contribution in [3.8, 4) is 24.0 Å². The number of allylic oxidation sites excluding steroid dienone is 6. The lowest BCUT2D eigenvalue weighted by molar-refractivity contribution is -0.135. The van der Waals surface area contributed by atoms with Gasteiger partial charge in [0.15, 0.2) is 11.6 Å². The van der Waals surface area contributed by atoms with Crippen LogP contribution in [0.5, 0.6) is 0 Å². The van der Waals surface area contributed by atoms with E-state index in [1.54, 1.807) is 6.08 Å². The van der Waals surface area contributed by atoms with E-state index in [4.69, 9.17) is 4.74 Å². The highest BCUT2D eigenvalue weighted by Crippen LogP contribution is 2.63. The van der Waals surface area contributed by atoms with E-state index in [2.05, 4.69) is 18.4 Å². The molecule has 3 aliphatic rings. The molecule has 0 bridgehead atoms. The Morgan fingerprint density at radius 2 is 1.90 bits per heavy atom. The van der Waals surface area contributed by atoms with Crippen molar-refractivity contribution in [1.82, 2.24) is 0 Å². The molecule has 0 N–H and O–H groups in total. The third kappa shape index (κ3) is 3.33. The van der Waals surface area contributed by atoms with Gasteiger partial charge in [-0.05, 0) is 36.5 Å². The van der Waals surface area contributed by atoms with Gasteiger partial charge in [0.05, 0.1) is 16.6 Å². The number of carbonyl (C=O) groups is 3. The number of hydrogen-bond donors (Lipinski definition) is 0. The Morgan fingerprint density at radius 3 is 2.52 bits per heavy atom. The molecule has 0 amide bonds. The largest absolute Gasteiger partial charge is 0.452 e. The normalized spacial score (nSPS) is 30.5. The molecule has 0 aliphatic heterocycles. The fraction of sp³-hybridized carbons (Fsp3) is 0.400. The summed E-state index contributed by atoms with van der Waals surface area (Å²) in [5.41, 5.74) is -2.10. The molecule has 0 unspecified atom stereocenters. The van der Waals surface area contributed by atoms with Crippen molar-refractivity contribution in [2.75, 3.05) is 6.61 Å². The molecular formula is C25H22N2O4. The number of fused-ring (bicyclic) bond motifs is 3. The zero-order valence-electron chi connectivity index (χ0n) is 17.7. The molecule has 0 aromatic carbocycles. The van der Waals surface area contributed by atoms with E-state index in [0.29, 0.717) is 18.4 Å². The minimum Gasteiger partial charge on any atom is -0.452 e. The second-order valence-corrected chi connectivity index (χ2v) is 8.80. The minimum atomic E-state index is -1.05. The molecule has 1 saturated carbocycles. The summed E-state index contributed by atoms with van der Waals surface area (Å²) in [5.74, 6) is 3.85. The van der Waals surface area contributed by atoms with Gasteiger partial charge < -0.3 is 4.74 Å². The van der Waals surface area contributed by atoms with Crippen LogP contribution < -0.4 is 0 Å². The molecule has 3 rings (SSSR count). The SMILES string of the molecule is C=CCOC(=O)C#C[C@]12C=C(C#N)C(=O)C=C1[C@@]1(C)C=C(C#N)C(=O)C(C)(C)[C@@H]1CC2. The predicted octanol–water partition coefficient (Wildman–Crippen LogP) is 3.14. The van der Waals surface area contributed by atoms with Crippen molar-refractivity contribution in [2.45, 2.75) is 33.6 Å². The van der Waals surface area contributed by atoms with E-state index >= 15 is 0 Å². The minimum absolute atomic E-state index is 0.0192. The number of esters is 1. The number of nitriles is 2. The van der Waals surface area contributed by atoms with Crippen molar-refractivity contribution < 1.29 is 19.1 Å². The first-order valence-corrected chi connectivity index (χ1v) is 9.94. The lowest BCUT2D eigenvalue weighted by Gasteiger charge is -2.56. The molecule has 0 saturated heterocycles. The summed E-state index contributed by atoms with van der Waals surface area (Å²) >= 11 is 0. The topological polar surface area (TPSA) is 108 Å². The number of hydrogen-bond acceptors (Lipinski definition) is 6. The molecule has 6 nitrogen and oxygen atoms in total. The monoisotopic (exact) mass is 414 g/mol. The average Bonchev–Trinajstić information content (AvgIpc) is 2.74. The fourth-order valence-corrected chi connectivity index (χ4v) is 5.26. The molecule has 0 aromatic heterocycles. The maximum absolute atomic E-state index is 12.9. The zero-order chi connectivity index (χ0) is 23.0. The third-order valence-electron chi connectivity index (χ3n) is 6.65. The van der Waals surface area contributed by atoms with Crippen LogP contribution in [0.2, 0.25) is 0 Å². The Morgan fingerprint density at radius 1 is 1.23 bits per heavy atom. The third-order valence-corrected chi connectivity index (χ3v) is 6.65. The van der Waals surface area contributed by atoms with E-state index in [0.717, 1.165) is 0 Å². The average molecular weight is 414 g/mol. The first-order valence-electron chi connectivity index (χ1n) is 9.94. The smallest absolute Gasteiger partial charge is 0.384 e. The molecule has 0 spiro atoms. The quantitative estimate of drug-likeness (QED) is 0.297. The molecule has 3 atom stereocenters. The lowest BCUT2D eigenvalue weighted by Crippen LogP contribution is -2.53. The lowest BCUT2D eigenvalue weighted by atomic mass is 9.45. The molecule has 156 valence electrons. The van der Waals surface area contributed by atoms with E-state index in [-0.39, 0.29) is 29.5 Å². The Labute approximate surface area is 181 Å². The Balaban J connectivity index is 2.23. The highest BCUT2D eigenvalue weighted by atomic mass is 16.5. The zero-order valence-corrected chi connectivity index (χ0v) is 17.7. The van der Waals surface area contributed by atoms with E-state index in [1.807, 2.05) is 32.9 Å². The van der Waals surface area contributed by atoms with Crippen LogP contribution in [0.4, 0.5) is 0 Å². The van der Waals surface area contributed by atoms with Gasteiger partial charge in [-0.2, -0.15) is 10.5 Å². The molecule has 3 aliphatic carbocycles. The van der Waals surface area contributed by atoms with Gasteiger partial charge >= 0.3 is 5.97 Å². The van der Waals surface area contributed by atoms with Crippen LogP contribution >= 0.6 is 0 Å². The van der Waals surface area contributed by atoms with Gasteiger partial charge in [-0.25, -0.2) is 4.79 Å². The van der Waals surface area contributed by atoms with Gasteiger partial charge in [-0.1, -0.05) is 45.4 Å². The molecule has 0 aromatic rings. The second kappa shape index (κ2) is 7.53. The predicted molar refractivity (Wildman–Crippen MR) is 111 cm³/mol. The molecule has 1 fully saturated rings. The van der Waals surface area contributed by atoms with Gasteiger partial charge in [-0.15, -0.1) is 0 Å². The highest BCUT2D eigenvalue weighted by Gasteiger charge is 2.59. The van der Waals surface area contributed by atoms with Crippen LogP contribution in [-0.4, -0.2) is 24.1 Å². The van der Waals surface area contributed by atoms with Crippen molar-refractivity contribution in [3.63, 3.8) is 0 Å². The number of ketones is 2. The van der Waals surface area contributed by atoms with Gasteiger partial charge in [0.1, 0.15) is 18.7 Å². The number of nitrogens with zero attached hydrogens (tertiary/aromatic N) is 2. The van der Waals surface area contributed by atoms with Crippen LogP contribution in [0.25, 0.3) is 0 Å². The molecule has 0 radical (unpaired) electrons. The summed E-state index contributed by atoms with van der Waals surface area (Å²) in [6.45, 7) is 9.02. The Kier molecular flexibility index (Phi) is 5.35. The van der Waals surface area contributed by atoms with Gasteiger partial charge in [0.2, 0.25) is 0 Å². The van der Waals surface area contributed by atoms with E-state index in [9.17, 15) is 24.9 Å². The van der Waals surface area contributed by atoms with E-state index in [1.165, 1.54) is 18.2 Å². The summed E-state index contributed by atoms with van der Waals surface area (Å²) in [5, 5.41) is 19.0. The molecule has 31 heavy (non-hydrogen) atoms. The Hall–Kier alpha value is -3.69. The number of Topliss-reactive ketones (excluding diaryl/α,β-unsaturated/α-hetero) is 1.